The quantitative estimate of drug-likeness (QED) is 0.552. The van der Waals surface area contributed by atoms with Gasteiger partial charge in [0.25, 0.3) is 5.91 Å². The predicted octanol–water partition coefficient (Wildman–Crippen LogP) is 4.68. The van der Waals surface area contributed by atoms with Gasteiger partial charge in [-0.1, -0.05) is 68.9 Å². The number of methoxy groups -OCH3 is 1. The molecule has 1 rings (SSSR count). The van der Waals surface area contributed by atoms with Crippen molar-refractivity contribution in [2.24, 2.45) is 11.8 Å². The van der Waals surface area contributed by atoms with Crippen LogP contribution in [0.5, 0.6) is 0 Å². The predicted molar refractivity (Wildman–Crippen MR) is 105 cm³/mol. The maximum Gasteiger partial charge on any atom is 0.257 e. The Morgan fingerprint density at radius 3 is 2.15 bits per heavy atom. The first kappa shape index (κ1) is 25.2. The number of imide groups is 1. The molecule has 1 aliphatic rings. The smallest absolute Gasteiger partial charge is 0.257 e. The van der Waals surface area contributed by atoms with E-state index in [0.717, 1.165) is 6.42 Å². The lowest BCUT2D eigenvalue weighted by molar-refractivity contribution is -0.145. The van der Waals surface area contributed by atoms with E-state index in [2.05, 4.69) is 0 Å². The Kier molecular flexibility index (Phi) is 11.5. The van der Waals surface area contributed by atoms with E-state index in [0.29, 0.717) is 18.6 Å². The zero-order valence-electron chi connectivity index (χ0n) is 16.0. The number of carbonyl (C=O) groups is 3. The van der Waals surface area contributed by atoms with Gasteiger partial charge >= 0.3 is 0 Å². The normalized spacial score (nSPS) is 15.3. The van der Waals surface area contributed by atoms with E-state index < -0.39 is 9.71 Å². The van der Waals surface area contributed by atoms with E-state index in [1.54, 1.807) is 6.92 Å². The standard InChI is InChI=1S/C14H21NO4.C4H7Cl3/c1-4-6-10(7-11(16)5-2)14(18)15-9-12(19-3)8-13(15)17;1-3(2)4(5,6)7/h8,10H,4-7,9H2,1-3H3;3H,1-2H3/t10-;/m0./s1. The molecule has 0 aliphatic carbocycles. The molecule has 26 heavy (non-hydrogen) atoms. The van der Waals surface area contributed by atoms with E-state index in [1.165, 1.54) is 18.1 Å². The van der Waals surface area contributed by atoms with Crippen molar-refractivity contribution < 1.29 is 19.1 Å². The molecule has 1 atom stereocenters. The van der Waals surface area contributed by atoms with Crippen LogP contribution in [0.25, 0.3) is 0 Å². The van der Waals surface area contributed by atoms with Gasteiger partial charge in [-0.25, -0.2) is 0 Å². The van der Waals surface area contributed by atoms with Gasteiger partial charge in [0, 0.05) is 30.8 Å². The molecule has 0 N–H and O–H groups in total. The summed E-state index contributed by atoms with van der Waals surface area (Å²) in [5.41, 5.74) is 0. The number of alkyl halides is 3. The zero-order chi connectivity index (χ0) is 20.5. The lowest BCUT2D eigenvalue weighted by Crippen LogP contribution is -2.38. The van der Waals surface area contributed by atoms with Crippen LogP contribution in [0.2, 0.25) is 0 Å². The maximum absolute atomic E-state index is 12.3. The summed E-state index contributed by atoms with van der Waals surface area (Å²) in [7, 11) is 1.47. The molecule has 0 fully saturated rings. The van der Waals surface area contributed by atoms with Crippen LogP contribution in [0, 0.1) is 11.8 Å². The minimum absolute atomic E-state index is 0.0540. The Morgan fingerprint density at radius 2 is 1.81 bits per heavy atom. The Bertz CT molecular complexity index is 527. The van der Waals surface area contributed by atoms with Crippen molar-refractivity contribution in [1.82, 2.24) is 4.90 Å². The Balaban J connectivity index is 0.000000758. The van der Waals surface area contributed by atoms with Crippen LogP contribution in [0.1, 0.15) is 53.4 Å². The molecule has 0 bridgehead atoms. The Morgan fingerprint density at radius 1 is 1.27 bits per heavy atom. The highest BCUT2D eigenvalue weighted by Gasteiger charge is 2.33. The third-order valence-corrected chi connectivity index (χ3v) is 5.21. The van der Waals surface area contributed by atoms with Crippen LogP contribution in [0.15, 0.2) is 11.8 Å². The topological polar surface area (TPSA) is 63.7 Å². The van der Waals surface area contributed by atoms with Crippen LogP contribution in [-0.4, -0.2) is 39.9 Å². The summed E-state index contributed by atoms with van der Waals surface area (Å²) in [4.78, 5) is 36.7. The number of ketones is 1. The van der Waals surface area contributed by atoms with Crippen LogP contribution in [0.4, 0.5) is 0 Å². The molecule has 1 aliphatic heterocycles. The number of rotatable bonds is 7. The van der Waals surface area contributed by atoms with Gasteiger partial charge < -0.3 is 4.74 Å². The van der Waals surface area contributed by atoms with Crippen LogP contribution in [0.3, 0.4) is 0 Å². The van der Waals surface area contributed by atoms with Crippen molar-refractivity contribution in [3.8, 4) is 0 Å². The zero-order valence-corrected chi connectivity index (χ0v) is 18.2. The van der Waals surface area contributed by atoms with Gasteiger partial charge in [-0.05, 0) is 6.42 Å². The van der Waals surface area contributed by atoms with Crippen LogP contribution < -0.4 is 0 Å². The number of halogens is 3. The summed E-state index contributed by atoms with van der Waals surface area (Å²) < 4.78 is 3.90. The summed E-state index contributed by atoms with van der Waals surface area (Å²) in [5, 5.41) is 0. The molecule has 1 heterocycles. The molecule has 0 aromatic heterocycles. The molecular formula is C18H28Cl3NO4. The van der Waals surface area contributed by atoms with E-state index >= 15 is 0 Å². The second-order valence-corrected chi connectivity index (χ2v) is 8.72. The van der Waals surface area contributed by atoms with Gasteiger partial charge in [0.05, 0.1) is 13.7 Å². The highest BCUT2D eigenvalue weighted by molar-refractivity contribution is 6.67. The van der Waals surface area contributed by atoms with Crippen molar-refractivity contribution in [2.75, 3.05) is 13.7 Å². The van der Waals surface area contributed by atoms with E-state index in [1.807, 2.05) is 20.8 Å². The summed E-state index contributed by atoms with van der Waals surface area (Å²) in [6, 6.07) is 0. The fourth-order valence-electron chi connectivity index (χ4n) is 2.11. The number of amides is 2. The molecule has 0 radical (unpaired) electrons. The van der Waals surface area contributed by atoms with Crippen molar-refractivity contribution in [1.29, 1.82) is 0 Å². The molecule has 0 saturated carbocycles. The fourth-order valence-corrected chi connectivity index (χ4v) is 2.11. The maximum atomic E-state index is 12.3. The molecule has 0 aromatic rings. The third kappa shape index (κ3) is 8.74. The summed E-state index contributed by atoms with van der Waals surface area (Å²) in [5.74, 6) is -0.388. The molecular weight excluding hydrogens is 401 g/mol. The van der Waals surface area contributed by atoms with Crippen LogP contribution in [-0.2, 0) is 19.1 Å². The second-order valence-electron chi connectivity index (χ2n) is 6.36. The minimum atomic E-state index is -1.08. The first-order chi connectivity index (χ1) is 12.0. The molecule has 150 valence electrons. The Labute approximate surface area is 171 Å². The highest BCUT2D eigenvalue weighted by atomic mass is 35.6. The summed E-state index contributed by atoms with van der Waals surface area (Å²) in [6.07, 6.45) is 3.39. The largest absolute Gasteiger partial charge is 0.499 e. The van der Waals surface area contributed by atoms with Crippen molar-refractivity contribution >= 4 is 52.4 Å². The number of hydrogen-bond acceptors (Lipinski definition) is 4. The molecule has 2 amide bonds. The van der Waals surface area contributed by atoms with Gasteiger partial charge in [-0.15, -0.1) is 0 Å². The molecule has 0 aromatic carbocycles. The summed E-state index contributed by atoms with van der Waals surface area (Å²) >= 11 is 16.2. The summed E-state index contributed by atoms with van der Waals surface area (Å²) in [6.45, 7) is 7.62. The SMILES string of the molecule is CC(C)C(Cl)(Cl)Cl.CCC[C@@H](CC(=O)CC)C(=O)N1CC(OC)=CC1=O. The monoisotopic (exact) mass is 427 g/mol. The third-order valence-electron chi connectivity index (χ3n) is 3.90. The van der Waals surface area contributed by atoms with Crippen molar-refractivity contribution in [3.05, 3.63) is 11.8 Å². The molecule has 0 saturated heterocycles. The van der Waals surface area contributed by atoms with E-state index in [9.17, 15) is 14.4 Å². The fraction of sp³-hybridized carbons (Fsp3) is 0.722. The number of nitrogens with zero attached hydrogens (tertiary/aromatic N) is 1. The van der Waals surface area contributed by atoms with Gasteiger partial charge in [0.15, 0.2) is 3.79 Å². The molecule has 0 unspecified atom stereocenters. The number of hydrogen-bond donors (Lipinski definition) is 0. The van der Waals surface area contributed by atoms with Gasteiger partial charge in [0.1, 0.15) is 11.5 Å². The lowest BCUT2D eigenvalue weighted by Gasteiger charge is -2.21. The number of Topliss-reactive ketones (excluding diaryl/α,β-unsaturated/α-hetero) is 1. The first-order valence-corrected chi connectivity index (χ1v) is 9.79. The molecule has 5 nitrogen and oxygen atoms in total. The van der Waals surface area contributed by atoms with E-state index in [4.69, 9.17) is 39.5 Å². The average Bonchev–Trinajstić information content (AvgIpc) is 2.94. The van der Waals surface area contributed by atoms with Crippen LogP contribution >= 0.6 is 34.8 Å². The molecule has 0 spiro atoms. The number of ether oxygens (including phenoxy) is 1. The first-order valence-electron chi connectivity index (χ1n) is 8.66. The average molecular weight is 429 g/mol. The number of carbonyl (C=O) groups excluding carboxylic acids is 3. The van der Waals surface area contributed by atoms with Crippen molar-refractivity contribution in [2.45, 2.75) is 57.2 Å². The van der Waals surface area contributed by atoms with Crippen molar-refractivity contribution in [3.63, 3.8) is 0 Å². The Hall–Kier alpha value is -0.780. The van der Waals surface area contributed by atoms with Gasteiger partial charge in [-0.3, -0.25) is 19.3 Å². The minimum Gasteiger partial charge on any atom is -0.499 e. The second kappa shape index (κ2) is 11.8. The van der Waals surface area contributed by atoms with Gasteiger partial charge in [0.2, 0.25) is 5.91 Å². The highest BCUT2D eigenvalue weighted by Crippen LogP contribution is 2.33. The lowest BCUT2D eigenvalue weighted by atomic mass is 9.95. The van der Waals surface area contributed by atoms with Gasteiger partial charge in [-0.2, -0.15) is 0 Å². The molecule has 8 heteroatoms. The van der Waals surface area contributed by atoms with E-state index in [-0.39, 0.29) is 36.5 Å².